The first-order valence-electron chi connectivity index (χ1n) is 4.82. The van der Waals surface area contributed by atoms with Crippen LogP contribution in [0.3, 0.4) is 0 Å². The summed E-state index contributed by atoms with van der Waals surface area (Å²) in [5.41, 5.74) is 8.79. The molecule has 70 valence electrons. The number of fused-ring (bicyclic) bond motifs is 1. The van der Waals surface area contributed by atoms with Crippen molar-refractivity contribution in [1.29, 1.82) is 0 Å². The van der Waals surface area contributed by atoms with Gasteiger partial charge in [-0.25, -0.2) is 0 Å². The van der Waals surface area contributed by atoms with Gasteiger partial charge in [0, 0.05) is 10.9 Å². The van der Waals surface area contributed by atoms with Gasteiger partial charge in [0.05, 0.1) is 0 Å². The van der Waals surface area contributed by atoms with Gasteiger partial charge in [0.1, 0.15) is 0 Å². The van der Waals surface area contributed by atoms with Crippen LogP contribution in [0.2, 0.25) is 0 Å². The van der Waals surface area contributed by atoms with Gasteiger partial charge in [-0.1, -0.05) is 13.0 Å². The summed E-state index contributed by atoms with van der Waals surface area (Å²) in [5.74, 6) is 1.14. The molecule has 1 aliphatic carbocycles. The molecular formula is C11H15NS. The SMILES string of the molecule is CCSc1ccc2c(c1)CC[C@@H]2N. The Morgan fingerprint density at radius 2 is 2.38 bits per heavy atom. The second-order valence-corrected chi connectivity index (χ2v) is 4.78. The summed E-state index contributed by atoms with van der Waals surface area (Å²) in [5, 5.41) is 0. The van der Waals surface area contributed by atoms with Crippen LogP contribution in [0.1, 0.15) is 30.5 Å². The fourth-order valence-corrected chi connectivity index (χ4v) is 2.61. The molecule has 1 aromatic rings. The number of nitrogens with two attached hydrogens (primary N) is 1. The van der Waals surface area contributed by atoms with Crippen LogP contribution in [0.5, 0.6) is 0 Å². The normalized spacial score (nSPS) is 20.3. The summed E-state index contributed by atoms with van der Waals surface area (Å²) in [6, 6.07) is 6.98. The molecule has 0 spiro atoms. The standard InChI is InChI=1S/C11H15NS/c1-2-13-9-4-5-10-8(7-9)3-6-11(10)12/h4-5,7,11H,2-3,6,12H2,1H3/t11-/m0/s1. The number of aryl methyl sites for hydroxylation is 1. The number of thioether (sulfide) groups is 1. The van der Waals surface area contributed by atoms with Gasteiger partial charge in [-0.05, 0) is 41.9 Å². The van der Waals surface area contributed by atoms with Gasteiger partial charge in [-0.2, -0.15) is 0 Å². The van der Waals surface area contributed by atoms with Gasteiger partial charge >= 0.3 is 0 Å². The maximum atomic E-state index is 5.96. The molecule has 0 amide bonds. The summed E-state index contributed by atoms with van der Waals surface area (Å²) in [7, 11) is 0. The van der Waals surface area contributed by atoms with Crippen LogP contribution in [0.4, 0.5) is 0 Å². The number of rotatable bonds is 2. The lowest BCUT2D eigenvalue weighted by atomic mass is 10.1. The van der Waals surface area contributed by atoms with Crippen molar-refractivity contribution in [2.45, 2.75) is 30.7 Å². The summed E-state index contributed by atoms with van der Waals surface area (Å²) in [6.07, 6.45) is 2.28. The third-order valence-corrected chi connectivity index (χ3v) is 3.43. The Balaban J connectivity index is 2.29. The van der Waals surface area contributed by atoms with Crippen molar-refractivity contribution in [2.24, 2.45) is 5.73 Å². The molecular weight excluding hydrogens is 178 g/mol. The van der Waals surface area contributed by atoms with Crippen LogP contribution in [-0.2, 0) is 6.42 Å². The molecule has 0 bridgehead atoms. The second kappa shape index (κ2) is 3.72. The fourth-order valence-electron chi connectivity index (χ4n) is 1.88. The van der Waals surface area contributed by atoms with Crippen LogP contribution in [-0.4, -0.2) is 5.75 Å². The van der Waals surface area contributed by atoms with Gasteiger partial charge < -0.3 is 5.73 Å². The minimum Gasteiger partial charge on any atom is -0.324 e. The Hall–Kier alpha value is -0.470. The Kier molecular flexibility index (Phi) is 2.61. The average Bonchev–Trinajstić information content (AvgIpc) is 2.48. The van der Waals surface area contributed by atoms with Gasteiger partial charge in [-0.15, -0.1) is 11.8 Å². The van der Waals surface area contributed by atoms with E-state index >= 15 is 0 Å². The zero-order valence-corrected chi connectivity index (χ0v) is 8.73. The highest BCUT2D eigenvalue weighted by Gasteiger charge is 2.18. The molecule has 0 radical (unpaired) electrons. The zero-order valence-electron chi connectivity index (χ0n) is 7.92. The predicted octanol–water partition coefficient (Wildman–Crippen LogP) is 2.74. The molecule has 2 rings (SSSR count). The molecule has 0 heterocycles. The molecule has 1 aliphatic rings. The maximum absolute atomic E-state index is 5.96. The molecule has 2 heteroatoms. The van der Waals surface area contributed by atoms with E-state index in [0.717, 1.165) is 18.6 Å². The topological polar surface area (TPSA) is 26.0 Å². The van der Waals surface area contributed by atoms with E-state index in [1.54, 1.807) is 0 Å². The molecule has 2 N–H and O–H groups in total. The third kappa shape index (κ3) is 1.74. The van der Waals surface area contributed by atoms with Gasteiger partial charge in [0.15, 0.2) is 0 Å². The first kappa shape index (κ1) is 9.10. The van der Waals surface area contributed by atoms with E-state index in [-0.39, 0.29) is 6.04 Å². The zero-order chi connectivity index (χ0) is 9.26. The highest BCUT2D eigenvalue weighted by atomic mass is 32.2. The van der Waals surface area contributed by atoms with E-state index in [4.69, 9.17) is 5.73 Å². The van der Waals surface area contributed by atoms with Gasteiger partial charge in [-0.3, -0.25) is 0 Å². The smallest absolute Gasteiger partial charge is 0.0300 e. The molecule has 0 aromatic heterocycles. The van der Waals surface area contributed by atoms with Crippen LogP contribution in [0.15, 0.2) is 23.1 Å². The monoisotopic (exact) mass is 193 g/mol. The first-order valence-corrected chi connectivity index (χ1v) is 5.81. The summed E-state index contributed by atoms with van der Waals surface area (Å²) in [6.45, 7) is 2.18. The van der Waals surface area contributed by atoms with E-state index < -0.39 is 0 Å². The van der Waals surface area contributed by atoms with Crippen molar-refractivity contribution < 1.29 is 0 Å². The first-order chi connectivity index (χ1) is 6.31. The fraction of sp³-hybridized carbons (Fsp3) is 0.455. The number of hydrogen-bond acceptors (Lipinski definition) is 2. The summed E-state index contributed by atoms with van der Waals surface area (Å²) in [4.78, 5) is 1.38. The Morgan fingerprint density at radius 1 is 1.54 bits per heavy atom. The molecule has 0 aliphatic heterocycles. The molecule has 1 nitrogen and oxygen atoms in total. The van der Waals surface area contributed by atoms with Crippen LogP contribution in [0.25, 0.3) is 0 Å². The summed E-state index contributed by atoms with van der Waals surface area (Å²) >= 11 is 1.90. The van der Waals surface area contributed by atoms with E-state index in [0.29, 0.717) is 0 Å². The molecule has 13 heavy (non-hydrogen) atoms. The second-order valence-electron chi connectivity index (χ2n) is 3.44. The molecule has 1 aromatic carbocycles. The van der Waals surface area contributed by atoms with Crippen molar-refractivity contribution in [2.75, 3.05) is 5.75 Å². The summed E-state index contributed by atoms with van der Waals surface area (Å²) < 4.78 is 0. The largest absolute Gasteiger partial charge is 0.324 e. The Bertz CT molecular complexity index is 309. The Morgan fingerprint density at radius 3 is 3.15 bits per heavy atom. The van der Waals surface area contributed by atoms with Crippen LogP contribution < -0.4 is 5.73 Å². The van der Waals surface area contributed by atoms with E-state index in [1.807, 2.05) is 11.8 Å². The molecule has 0 unspecified atom stereocenters. The molecule has 0 saturated heterocycles. The van der Waals surface area contributed by atoms with E-state index in [2.05, 4.69) is 25.1 Å². The van der Waals surface area contributed by atoms with Crippen molar-refractivity contribution in [3.8, 4) is 0 Å². The highest BCUT2D eigenvalue weighted by molar-refractivity contribution is 7.99. The lowest BCUT2D eigenvalue weighted by Gasteiger charge is -2.05. The number of hydrogen-bond donors (Lipinski definition) is 1. The van der Waals surface area contributed by atoms with Crippen LogP contribution in [0, 0.1) is 0 Å². The van der Waals surface area contributed by atoms with E-state index in [1.165, 1.54) is 16.0 Å². The molecule has 0 saturated carbocycles. The Labute approximate surface area is 83.7 Å². The van der Waals surface area contributed by atoms with Crippen molar-refractivity contribution in [3.63, 3.8) is 0 Å². The molecule has 1 atom stereocenters. The van der Waals surface area contributed by atoms with E-state index in [9.17, 15) is 0 Å². The van der Waals surface area contributed by atoms with Crippen molar-refractivity contribution in [3.05, 3.63) is 29.3 Å². The predicted molar refractivity (Wildman–Crippen MR) is 58.1 cm³/mol. The third-order valence-electron chi connectivity index (χ3n) is 2.55. The average molecular weight is 193 g/mol. The molecule has 0 fully saturated rings. The van der Waals surface area contributed by atoms with Crippen molar-refractivity contribution >= 4 is 11.8 Å². The minimum atomic E-state index is 0.288. The van der Waals surface area contributed by atoms with Gasteiger partial charge in [0.25, 0.3) is 0 Å². The number of benzene rings is 1. The van der Waals surface area contributed by atoms with Gasteiger partial charge in [0.2, 0.25) is 0 Å². The van der Waals surface area contributed by atoms with Crippen LogP contribution >= 0.6 is 11.8 Å². The lowest BCUT2D eigenvalue weighted by molar-refractivity contribution is 0.713. The van der Waals surface area contributed by atoms with Crippen molar-refractivity contribution in [1.82, 2.24) is 0 Å². The minimum absolute atomic E-state index is 0.288. The maximum Gasteiger partial charge on any atom is 0.0300 e. The quantitative estimate of drug-likeness (QED) is 0.731. The highest BCUT2D eigenvalue weighted by Crippen LogP contribution is 2.32. The lowest BCUT2D eigenvalue weighted by Crippen LogP contribution is -2.04.